The van der Waals surface area contributed by atoms with Gasteiger partial charge in [-0.1, -0.05) is 5.16 Å². The van der Waals surface area contributed by atoms with Crippen molar-refractivity contribution in [3.63, 3.8) is 0 Å². The van der Waals surface area contributed by atoms with Crippen molar-refractivity contribution in [2.45, 2.75) is 26.0 Å². The number of rotatable bonds is 5. The van der Waals surface area contributed by atoms with Crippen molar-refractivity contribution in [2.24, 2.45) is 0 Å². The fraction of sp³-hybridized carbons (Fsp3) is 0.429. The minimum Gasteiger partial charge on any atom is -0.381 e. The van der Waals surface area contributed by atoms with Crippen molar-refractivity contribution in [2.75, 3.05) is 32.8 Å². The van der Waals surface area contributed by atoms with Crippen LogP contribution < -0.4 is 5.56 Å². The maximum Gasteiger partial charge on any atom is 0.277 e. The topological polar surface area (TPSA) is 111 Å². The van der Waals surface area contributed by atoms with Gasteiger partial charge in [0.05, 0.1) is 24.2 Å². The van der Waals surface area contributed by atoms with Gasteiger partial charge >= 0.3 is 0 Å². The van der Waals surface area contributed by atoms with Crippen molar-refractivity contribution in [1.29, 1.82) is 0 Å². The Hall–Kier alpha value is -3.15. The van der Waals surface area contributed by atoms with Crippen LogP contribution >= 0.6 is 0 Å². The second-order valence-electron chi connectivity index (χ2n) is 8.34. The number of imidazole rings is 1. The van der Waals surface area contributed by atoms with Gasteiger partial charge < -0.3 is 18.9 Å². The molecule has 11 heteroatoms. The molecule has 0 spiro atoms. The van der Waals surface area contributed by atoms with Crippen molar-refractivity contribution in [1.82, 2.24) is 29.0 Å². The summed E-state index contributed by atoms with van der Waals surface area (Å²) in [5, 5.41) is 14.0. The third-order valence-corrected chi connectivity index (χ3v) is 5.61. The van der Waals surface area contributed by atoms with Crippen LogP contribution in [-0.4, -0.2) is 66.9 Å². The van der Waals surface area contributed by atoms with Gasteiger partial charge in [0.15, 0.2) is 0 Å². The summed E-state index contributed by atoms with van der Waals surface area (Å²) in [6.07, 6.45) is 1.48. The maximum atomic E-state index is 14.1. The molecule has 0 bridgehead atoms. The molecule has 4 heterocycles. The van der Waals surface area contributed by atoms with E-state index >= 15 is 0 Å². The molecule has 4 aromatic rings. The van der Waals surface area contributed by atoms with Gasteiger partial charge in [0.25, 0.3) is 11.4 Å². The van der Waals surface area contributed by atoms with Crippen molar-refractivity contribution in [3.05, 3.63) is 46.6 Å². The quantitative estimate of drug-likeness (QED) is 0.494. The van der Waals surface area contributed by atoms with E-state index in [0.29, 0.717) is 37.3 Å². The monoisotopic (exact) mass is 442 g/mol. The highest BCUT2D eigenvalue weighted by Gasteiger charge is 2.27. The Kier molecular flexibility index (Phi) is 5.03. The van der Waals surface area contributed by atoms with Gasteiger partial charge in [-0.25, -0.2) is 9.37 Å². The van der Waals surface area contributed by atoms with Crippen molar-refractivity contribution in [3.8, 4) is 11.5 Å². The van der Waals surface area contributed by atoms with E-state index in [1.54, 1.807) is 15.0 Å². The molecule has 168 valence electrons. The molecule has 1 saturated heterocycles. The Morgan fingerprint density at radius 3 is 2.69 bits per heavy atom. The molecule has 0 aliphatic carbocycles. The normalized spacial score (nSPS) is 15.8. The van der Waals surface area contributed by atoms with E-state index in [1.807, 2.05) is 0 Å². The molecule has 0 atom stereocenters. The van der Waals surface area contributed by atoms with Crippen LogP contribution in [-0.2, 0) is 16.9 Å². The van der Waals surface area contributed by atoms with Crippen LogP contribution in [0.5, 0.6) is 0 Å². The smallest absolute Gasteiger partial charge is 0.277 e. The fourth-order valence-electron chi connectivity index (χ4n) is 3.91. The average Bonchev–Trinajstić information content (AvgIpc) is 3.42. The molecule has 1 fully saturated rings. The second-order valence-corrected chi connectivity index (χ2v) is 8.34. The molecule has 0 amide bonds. The van der Waals surface area contributed by atoms with Crippen LogP contribution in [0.1, 0.15) is 19.7 Å². The highest BCUT2D eigenvalue weighted by Crippen LogP contribution is 2.25. The zero-order chi connectivity index (χ0) is 22.5. The second kappa shape index (κ2) is 7.76. The van der Waals surface area contributed by atoms with E-state index < -0.39 is 11.4 Å². The summed E-state index contributed by atoms with van der Waals surface area (Å²) in [6, 6.07) is 4.32. The predicted molar refractivity (Wildman–Crippen MR) is 113 cm³/mol. The number of aromatic nitrogens is 5. The summed E-state index contributed by atoms with van der Waals surface area (Å²) in [6.45, 7) is 6.91. The summed E-state index contributed by atoms with van der Waals surface area (Å²) in [5.74, 6) is -0.309. The van der Waals surface area contributed by atoms with E-state index in [9.17, 15) is 14.3 Å². The minimum absolute atomic E-state index is 0.0177. The van der Waals surface area contributed by atoms with Gasteiger partial charge in [-0.2, -0.15) is 4.98 Å². The number of hydrogen-bond acceptors (Lipinski definition) is 8. The summed E-state index contributed by atoms with van der Waals surface area (Å²) < 4.78 is 27.8. The van der Waals surface area contributed by atoms with Gasteiger partial charge in [-0.15, -0.1) is 0 Å². The highest BCUT2D eigenvalue weighted by molar-refractivity contribution is 5.83. The molecular weight excluding hydrogens is 419 g/mol. The molecular formula is C21H23FN6O4. The number of nitrogens with zero attached hydrogens (tertiary/aromatic N) is 6. The van der Waals surface area contributed by atoms with Gasteiger partial charge in [0.2, 0.25) is 5.82 Å². The lowest BCUT2D eigenvalue weighted by atomic mass is 10.1. The van der Waals surface area contributed by atoms with Gasteiger partial charge in [-0.05, 0) is 32.0 Å². The predicted octanol–water partition coefficient (Wildman–Crippen LogP) is 1.40. The number of benzene rings is 1. The number of ether oxygens (including phenoxy) is 1. The molecule has 5 rings (SSSR count). The molecule has 1 N–H and O–H groups in total. The van der Waals surface area contributed by atoms with Gasteiger partial charge in [0, 0.05) is 26.2 Å². The van der Waals surface area contributed by atoms with E-state index in [0.717, 1.165) is 13.1 Å². The number of halogens is 1. The number of morpholine rings is 1. The lowest BCUT2D eigenvalue weighted by Crippen LogP contribution is -2.39. The fourth-order valence-corrected chi connectivity index (χ4v) is 3.91. The number of aliphatic hydroxyl groups is 1. The molecule has 3 aromatic heterocycles. The summed E-state index contributed by atoms with van der Waals surface area (Å²) in [5.41, 5.74) is -0.0604. The molecule has 32 heavy (non-hydrogen) atoms. The van der Waals surface area contributed by atoms with E-state index in [1.165, 1.54) is 32.3 Å². The van der Waals surface area contributed by atoms with E-state index in [2.05, 4.69) is 20.0 Å². The zero-order valence-electron chi connectivity index (χ0n) is 17.8. The third kappa shape index (κ3) is 3.57. The Morgan fingerprint density at radius 2 is 1.97 bits per heavy atom. The number of hydrogen-bond donors (Lipinski definition) is 1. The van der Waals surface area contributed by atoms with Crippen LogP contribution in [0.3, 0.4) is 0 Å². The lowest BCUT2D eigenvalue weighted by Gasteiger charge is -2.27. The first-order chi connectivity index (χ1) is 15.3. The summed E-state index contributed by atoms with van der Waals surface area (Å²) in [7, 11) is 0. The summed E-state index contributed by atoms with van der Waals surface area (Å²) in [4.78, 5) is 24.4. The Morgan fingerprint density at radius 1 is 1.19 bits per heavy atom. The Labute approximate surface area is 181 Å². The average molecular weight is 442 g/mol. The van der Waals surface area contributed by atoms with Crippen LogP contribution in [0.15, 0.2) is 33.8 Å². The molecule has 0 radical (unpaired) electrons. The highest BCUT2D eigenvalue weighted by atomic mass is 19.1. The summed E-state index contributed by atoms with van der Waals surface area (Å²) >= 11 is 0. The van der Waals surface area contributed by atoms with Crippen LogP contribution in [0.25, 0.3) is 28.1 Å². The molecule has 0 unspecified atom stereocenters. The van der Waals surface area contributed by atoms with E-state index in [-0.39, 0.29) is 28.5 Å². The van der Waals surface area contributed by atoms with Gasteiger partial charge in [-0.3, -0.25) is 14.1 Å². The molecule has 1 aliphatic rings. The SMILES string of the molecule is CC(C)(O)c1nc(-c2ncn3c2c(=O)n(CCN2CCOCC2)c2cc(F)ccc23)no1. The first-order valence-electron chi connectivity index (χ1n) is 10.4. The van der Waals surface area contributed by atoms with Crippen LogP contribution in [0.2, 0.25) is 0 Å². The first-order valence-corrected chi connectivity index (χ1v) is 10.4. The molecule has 1 aliphatic heterocycles. The molecule has 10 nitrogen and oxygen atoms in total. The zero-order valence-corrected chi connectivity index (χ0v) is 17.8. The molecule has 1 aromatic carbocycles. The Bertz CT molecular complexity index is 1350. The standard InChI is InChI=1S/C21H23FN6O4/c1-21(2,30)20-24-18(25-32-20)16-17-19(29)27(6-5-26-7-9-31-10-8-26)15-11-13(22)3-4-14(15)28(17)12-23-16/h3-4,11-12,30H,5-10H2,1-2H3. The lowest BCUT2D eigenvalue weighted by molar-refractivity contribution is 0.0364. The third-order valence-electron chi connectivity index (χ3n) is 5.61. The van der Waals surface area contributed by atoms with Gasteiger partial charge in [0.1, 0.15) is 29.0 Å². The first kappa shape index (κ1) is 20.7. The van der Waals surface area contributed by atoms with E-state index in [4.69, 9.17) is 9.26 Å². The largest absolute Gasteiger partial charge is 0.381 e. The van der Waals surface area contributed by atoms with Crippen molar-refractivity contribution < 1.29 is 18.8 Å². The van der Waals surface area contributed by atoms with Crippen LogP contribution in [0.4, 0.5) is 4.39 Å². The van der Waals surface area contributed by atoms with Crippen LogP contribution in [0, 0.1) is 5.82 Å². The maximum absolute atomic E-state index is 14.1. The Balaban J connectivity index is 1.66. The minimum atomic E-state index is -1.33. The molecule has 0 saturated carbocycles. The number of fused-ring (bicyclic) bond motifs is 3. The van der Waals surface area contributed by atoms with Crippen molar-refractivity contribution >= 4 is 16.6 Å².